The Morgan fingerprint density at radius 1 is 1.07 bits per heavy atom. The van der Waals surface area contributed by atoms with Crippen LogP contribution >= 0.6 is 0 Å². The fraction of sp³-hybridized carbons (Fsp3) is 0.400. The zero-order valence-electron chi connectivity index (χ0n) is 16.6. The van der Waals surface area contributed by atoms with Gasteiger partial charge in [-0.25, -0.2) is 4.79 Å². The molecule has 1 heterocycles. The molecule has 146 valence electrons. The largest absolute Gasteiger partial charge is 0.493 e. The second kappa shape index (κ2) is 8.62. The average molecular weight is 374 g/mol. The van der Waals surface area contributed by atoms with Gasteiger partial charge in [-0.05, 0) is 43.5 Å². The smallest absolute Gasteiger partial charge is 0.339 e. The summed E-state index contributed by atoms with van der Waals surface area (Å²) >= 11 is 0. The van der Waals surface area contributed by atoms with Gasteiger partial charge in [-0.15, -0.1) is 0 Å². The molecule has 7 nitrogen and oxygen atoms in total. The van der Waals surface area contributed by atoms with Gasteiger partial charge in [-0.3, -0.25) is 4.79 Å². The molecule has 0 atom stereocenters. The molecule has 0 bridgehead atoms. The number of aryl methyl sites for hydroxylation is 1. The molecule has 1 amide bonds. The summed E-state index contributed by atoms with van der Waals surface area (Å²) in [7, 11) is 6.24. The van der Waals surface area contributed by atoms with E-state index in [1.807, 2.05) is 18.2 Å². The summed E-state index contributed by atoms with van der Waals surface area (Å²) in [5.74, 6) is 0.695. The molecular formula is C20H26N2O5. The van der Waals surface area contributed by atoms with Gasteiger partial charge in [0.15, 0.2) is 11.5 Å². The predicted molar refractivity (Wildman–Crippen MR) is 102 cm³/mol. The summed E-state index contributed by atoms with van der Waals surface area (Å²) in [6.45, 7) is 4.00. The van der Waals surface area contributed by atoms with Crippen molar-refractivity contribution in [2.45, 2.75) is 20.3 Å². The minimum atomic E-state index is -0.451. The van der Waals surface area contributed by atoms with E-state index in [1.54, 1.807) is 40.0 Å². The first-order valence-electron chi connectivity index (χ1n) is 8.57. The van der Waals surface area contributed by atoms with Crippen molar-refractivity contribution in [3.05, 3.63) is 46.3 Å². The van der Waals surface area contributed by atoms with Crippen molar-refractivity contribution in [3.63, 3.8) is 0 Å². The number of ether oxygens (including phenoxy) is 3. The highest BCUT2D eigenvalue weighted by atomic mass is 16.5. The molecule has 1 aromatic heterocycles. The molecule has 2 aromatic rings. The zero-order valence-corrected chi connectivity index (χ0v) is 16.6. The van der Waals surface area contributed by atoms with E-state index in [2.05, 4.69) is 4.98 Å². The number of esters is 1. The number of hydrogen-bond acceptors (Lipinski definition) is 5. The third-order valence-corrected chi connectivity index (χ3v) is 4.57. The number of aromatic amines is 1. The lowest BCUT2D eigenvalue weighted by molar-refractivity contribution is 0.0599. The van der Waals surface area contributed by atoms with Gasteiger partial charge in [0.25, 0.3) is 5.91 Å². The average Bonchev–Trinajstić information content (AvgIpc) is 2.98. The quantitative estimate of drug-likeness (QED) is 0.754. The van der Waals surface area contributed by atoms with Crippen molar-refractivity contribution in [1.82, 2.24) is 9.88 Å². The number of likely N-dealkylation sites (N-methyl/N-ethyl adjacent to an activating group) is 1. The van der Waals surface area contributed by atoms with E-state index >= 15 is 0 Å². The Labute approximate surface area is 159 Å². The highest BCUT2D eigenvalue weighted by molar-refractivity contribution is 6.00. The SMILES string of the molecule is COC(=O)c1c(C)[nH]c(C(=O)N(C)CCc2ccc(OC)c(OC)c2)c1C. The Hall–Kier alpha value is -2.96. The van der Waals surface area contributed by atoms with Gasteiger partial charge in [-0.2, -0.15) is 0 Å². The number of aromatic nitrogens is 1. The van der Waals surface area contributed by atoms with Crippen LogP contribution in [0.1, 0.15) is 37.7 Å². The summed E-state index contributed by atoms with van der Waals surface area (Å²) < 4.78 is 15.3. The Morgan fingerprint density at radius 3 is 2.33 bits per heavy atom. The van der Waals surface area contributed by atoms with E-state index in [0.717, 1.165) is 5.56 Å². The number of nitrogens with zero attached hydrogens (tertiary/aromatic N) is 1. The molecule has 2 rings (SSSR count). The van der Waals surface area contributed by atoms with Gasteiger partial charge >= 0.3 is 5.97 Å². The van der Waals surface area contributed by atoms with E-state index in [-0.39, 0.29) is 5.91 Å². The van der Waals surface area contributed by atoms with Crippen LogP contribution in [0.15, 0.2) is 18.2 Å². The standard InChI is InChI=1S/C20H26N2O5/c1-12-17(20(24)27-6)13(2)21-18(12)19(23)22(3)10-9-14-7-8-15(25-4)16(11-14)26-5/h7-8,11,21H,9-10H2,1-6H3. The first-order valence-corrected chi connectivity index (χ1v) is 8.57. The molecule has 0 aliphatic heterocycles. The number of H-pyrrole nitrogens is 1. The summed E-state index contributed by atoms with van der Waals surface area (Å²) in [6.07, 6.45) is 0.658. The molecule has 0 saturated heterocycles. The summed E-state index contributed by atoms with van der Waals surface area (Å²) in [4.78, 5) is 29.3. The molecule has 1 aromatic carbocycles. The highest BCUT2D eigenvalue weighted by Gasteiger charge is 2.24. The van der Waals surface area contributed by atoms with E-state index in [1.165, 1.54) is 7.11 Å². The van der Waals surface area contributed by atoms with Crippen LogP contribution in [0.3, 0.4) is 0 Å². The first kappa shape index (κ1) is 20.4. The minimum absolute atomic E-state index is 0.175. The molecular weight excluding hydrogens is 348 g/mol. The Bertz CT molecular complexity index is 841. The van der Waals surface area contributed by atoms with Crippen LogP contribution in [-0.4, -0.2) is 56.7 Å². The van der Waals surface area contributed by atoms with Crippen LogP contribution in [-0.2, 0) is 11.2 Å². The predicted octanol–water partition coefficient (Wildman–Crippen LogP) is 2.75. The summed E-state index contributed by atoms with van der Waals surface area (Å²) in [5.41, 5.74) is 3.07. The van der Waals surface area contributed by atoms with Crippen LogP contribution < -0.4 is 9.47 Å². The van der Waals surface area contributed by atoms with Crippen LogP contribution in [0.5, 0.6) is 11.5 Å². The van der Waals surface area contributed by atoms with E-state index in [4.69, 9.17) is 14.2 Å². The molecule has 0 aliphatic rings. The maximum Gasteiger partial charge on any atom is 0.339 e. The Morgan fingerprint density at radius 2 is 1.74 bits per heavy atom. The molecule has 0 radical (unpaired) electrons. The van der Waals surface area contributed by atoms with Crippen molar-refractivity contribution < 1.29 is 23.8 Å². The van der Waals surface area contributed by atoms with Gasteiger partial charge in [-0.1, -0.05) is 6.07 Å². The fourth-order valence-corrected chi connectivity index (χ4v) is 3.00. The van der Waals surface area contributed by atoms with E-state index in [9.17, 15) is 9.59 Å². The van der Waals surface area contributed by atoms with E-state index < -0.39 is 5.97 Å². The molecule has 0 fully saturated rings. The van der Waals surface area contributed by atoms with Gasteiger partial charge in [0.2, 0.25) is 0 Å². The zero-order chi connectivity index (χ0) is 20.1. The number of hydrogen-bond donors (Lipinski definition) is 1. The lowest BCUT2D eigenvalue weighted by Crippen LogP contribution is -2.29. The molecule has 0 saturated carbocycles. The number of benzene rings is 1. The first-order chi connectivity index (χ1) is 12.8. The topological polar surface area (TPSA) is 80.9 Å². The number of carbonyl (C=O) groups is 2. The van der Waals surface area contributed by atoms with Crippen LogP contribution in [0.2, 0.25) is 0 Å². The van der Waals surface area contributed by atoms with Crippen LogP contribution in [0, 0.1) is 13.8 Å². The van der Waals surface area contributed by atoms with Gasteiger partial charge in [0.05, 0.1) is 26.9 Å². The molecule has 27 heavy (non-hydrogen) atoms. The maximum absolute atomic E-state index is 12.8. The molecule has 7 heteroatoms. The molecule has 0 aliphatic carbocycles. The lowest BCUT2D eigenvalue weighted by atomic mass is 10.1. The number of methoxy groups -OCH3 is 3. The van der Waals surface area contributed by atoms with Crippen molar-refractivity contribution in [2.75, 3.05) is 34.9 Å². The molecule has 0 unspecified atom stereocenters. The summed E-state index contributed by atoms with van der Waals surface area (Å²) in [6, 6.07) is 5.69. The third kappa shape index (κ3) is 4.24. The monoisotopic (exact) mass is 374 g/mol. The van der Waals surface area contributed by atoms with Crippen molar-refractivity contribution in [3.8, 4) is 11.5 Å². The van der Waals surface area contributed by atoms with Crippen molar-refractivity contribution >= 4 is 11.9 Å². The van der Waals surface area contributed by atoms with Gasteiger partial charge in [0.1, 0.15) is 5.69 Å². The third-order valence-electron chi connectivity index (χ3n) is 4.57. The van der Waals surface area contributed by atoms with Crippen LogP contribution in [0.4, 0.5) is 0 Å². The fourth-order valence-electron chi connectivity index (χ4n) is 3.00. The normalized spacial score (nSPS) is 10.4. The number of amides is 1. The molecule has 0 spiro atoms. The Balaban J connectivity index is 2.12. The van der Waals surface area contributed by atoms with Crippen LogP contribution in [0.25, 0.3) is 0 Å². The van der Waals surface area contributed by atoms with Gasteiger partial charge < -0.3 is 24.1 Å². The number of nitrogens with one attached hydrogen (secondary N) is 1. The number of rotatable bonds is 7. The minimum Gasteiger partial charge on any atom is -0.493 e. The highest BCUT2D eigenvalue weighted by Crippen LogP contribution is 2.28. The van der Waals surface area contributed by atoms with Crippen molar-refractivity contribution in [2.24, 2.45) is 0 Å². The number of carbonyl (C=O) groups excluding carboxylic acids is 2. The van der Waals surface area contributed by atoms with Gasteiger partial charge in [0, 0.05) is 19.3 Å². The second-order valence-electron chi connectivity index (χ2n) is 6.28. The molecule has 1 N–H and O–H groups in total. The second-order valence-corrected chi connectivity index (χ2v) is 6.28. The van der Waals surface area contributed by atoms with E-state index in [0.29, 0.717) is 47.0 Å². The maximum atomic E-state index is 12.8. The Kier molecular flexibility index (Phi) is 6.50. The van der Waals surface area contributed by atoms with Crippen molar-refractivity contribution in [1.29, 1.82) is 0 Å². The lowest BCUT2D eigenvalue weighted by Gasteiger charge is -2.17. The summed E-state index contributed by atoms with van der Waals surface area (Å²) in [5, 5.41) is 0.